The lowest BCUT2D eigenvalue weighted by atomic mass is 9.97. The van der Waals surface area contributed by atoms with Gasteiger partial charge in [-0.05, 0) is 84.9 Å². The van der Waals surface area contributed by atoms with Gasteiger partial charge in [-0.1, -0.05) is 91.0 Å². The summed E-state index contributed by atoms with van der Waals surface area (Å²) >= 11 is 0. The molecule has 0 spiro atoms. The third kappa shape index (κ3) is 4.45. The van der Waals surface area contributed by atoms with E-state index in [2.05, 4.69) is 153 Å². The molecule has 0 atom stereocenters. The summed E-state index contributed by atoms with van der Waals surface area (Å²) in [6.07, 6.45) is 0. The van der Waals surface area contributed by atoms with Crippen molar-refractivity contribution in [3.8, 4) is 40.3 Å². The first-order valence-electron chi connectivity index (χ1n) is 18.3. The molecule has 0 N–H and O–H groups in total. The molecule has 0 amide bonds. The smallest absolute Gasteiger partial charge is 0.0998 e. The van der Waals surface area contributed by atoms with Gasteiger partial charge in [0.1, 0.15) is 0 Å². The number of nitrogens with zero attached hydrogens (tertiary/aromatic N) is 5. The maximum Gasteiger partial charge on any atom is 0.0998 e. The lowest BCUT2D eigenvalue weighted by Crippen LogP contribution is -2.00. The molecular formula is C50H29N5. The van der Waals surface area contributed by atoms with E-state index in [0.29, 0.717) is 11.1 Å². The van der Waals surface area contributed by atoms with Gasteiger partial charge in [-0.2, -0.15) is 10.5 Å². The van der Waals surface area contributed by atoms with Crippen LogP contribution in [-0.4, -0.2) is 13.7 Å². The van der Waals surface area contributed by atoms with Crippen LogP contribution in [0.1, 0.15) is 11.1 Å². The van der Waals surface area contributed by atoms with E-state index in [0.717, 1.165) is 71.8 Å². The Morgan fingerprint density at radius 3 is 1.40 bits per heavy atom. The number of nitriles is 2. The van der Waals surface area contributed by atoms with Crippen LogP contribution in [0, 0.1) is 22.7 Å². The van der Waals surface area contributed by atoms with Crippen LogP contribution in [0.5, 0.6) is 0 Å². The molecular weight excluding hydrogens is 671 g/mol. The van der Waals surface area contributed by atoms with Crippen LogP contribution < -0.4 is 0 Å². The van der Waals surface area contributed by atoms with Crippen LogP contribution in [-0.2, 0) is 0 Å². The predicted octanol–water partition coefficient (Wildman–Crippen LogP) is 12.4. The number of benzene rings is 8. The zero-order valence-electron chi connectivity index (χ0n) is 29.5. The molecule has 0 saturated heterocycles. The standard InChI is InChI=1S/C50H29N5/c51-30-32-21-25-49-42(27-32)39-14-4-8-18-46(39)54(49)34-23-22-33(31-52)41(28-34)38-13-3-9-19-47(38)55-48-20-10-5-15-40(48)43-29-35(24-26-50(43)55)53-44-16-6-1-11-36(44)37-12-2-7-17-45(37)53/h1-29H. The first-order valence-corrected chi connectivity index (χ1v) is 18.3. The largest absolute Gasteiger partial charge is 0.309 e. The fourth-order valence-electron chi connectivity index (χ4n) is 8.77. The average Bonchev–Trinajstić information content (AvgIpc) is 3.88. The molecule has 5 heteroatoms. The quantitative estimate of drug-likeness (QED) is 0.184. The molecule has 8 aromatic carbocycles. The number of hydrogen-bond donors (Lipinski definition) is 0. The van der Waals surface area contributed by atoms with Crippen molar-refractivity contribution >= 4 is 65.4 Å². The number of aromatic nitrogens is 3. The Morgan fingerprint density at radius 2 is 0.782 bits per heavy atom. The molecule has 0 radical (unpaired) electrons. The Bertz CT molecular complexity index is 3420. The van der Waals surface area contributed by atoms with Crippen LogP contribution in [0.2, 0.25) is 0 Å². The summed E-state index contributed by atoms with van der Waals surface area (Å²) in [7, 11) is 0. The lowest BCUT2D eigenvalue weighted by Gasteiger charge is -2.17. The number of rotatable bonds is 4. The van der Waals surface area contributed by atoms with Gasteiger partial charge in [0.25, 0.3) is 0 Å². The predicted molar refractivity (Wildman–Crippen MR) is 224 cm³/mol. The van der Waals surface area contributed by atoms with E-state index in [-0.39, 0.29) is 0 Å². The summed E-state index contributed by atoms with van der Waals surface area (Å²) in [5, 5.41) is 27.1. The maximum absolute atomic E-state index is 10.5. The first-order chi connectivity index (χ1) is 27.2. The molecule has 254 valence electrons. The minimum absolute atomic E-state index is 0.596. The number of hydrogen-bond acceptors (Lipinski definition) is 2. The highest BCUT2D eigenvalue weighted by molar-refractivity contribution is 6.13. The Labute approximate surface area is 316 Å². The van der Waals surface area contributed by atoms with E-state index in [9.17, 15) is 10.5 Å². The molecule has 11 rings (SSSR count). The molecule has 0 bridgehead atoms. The Balaban J connectivity index is 1.14. The van der Waals surface area contributed by atoms with Crippen molar-refractivity contribution in [1.29, 1.82) is 10.5 Å². The Hall–Kier alpha value is -7.86. The second kappa shape index (κ2) is 11.8. The van der Waals surface area contributed by atoms with Crippen molar-refractivity contribution < 1.29 is 0 Å². The second-order valence-corrected chi connectivity index (χ2v) is 14.0. The van der Waals surface area contributed by atoms with Crippen molar-refractivity contribution in [1.82, 2.24) is 13.7 Å². The van der Waals surface area contributed by atoms with Gasteiger partial charge in [-0.3, -0.25) is 0 Å². The number of para-hydroxylation sites is 5. The van der Waals surface area contributed by atoms with Crippen LogP contribution >= 0.6 is 0 Å². The minimum Gasteiger partial charge on any atom is -0.309 e. The highest BCUT2D eigenvalue weighted by Gasteiger charge is 2.20. The zero-order valence-corrected chi connectivity index (χ0v) is 29.5. The molecule has 5 nitrogen and oxygen atoms in total. The Kier molecular flexibility index (Phi) is 6.61. The van der Waals surface area contributed by atoms with Gasteiger partial charge in [-0.15, -0.1) is 0 Å². The summed E-state index contributed by atoms with van der Waals surface area (Å²) in [5.41, 5.74) is 12.6. The van der Waals surface area contributed by atoms with Gasteiger partial charge < -0.3 is 13.7 Å². The first kappa shape index (κ1) is 30.7. The molecule has 0 saturated carbocycles. The molecule has 0 aliphatic heterocycles. The van der Waals surface area contributed by atoms with E-state index in [1.807, 2.05) is 48.5 Å². The third-order valence-electron chi connectivity index (χ3n) is 11.1. The van der Waals surface area contributed by atoms with Gasteiger partial charge >= 0.3 is 0 Å². The van der Waals surface area contributed by atoms with Crippen LogP contribution in [0.15, 0.2) is 176 Å². The highest BCUT2D eigenvalue weighted by atomic mass is 15.0. The van der Waals surface area contributed by atoms with E-state index in [1.54, 1.807) is 0 Å². The minimum atomic E-state index is 0.596. The van der Waals surface area contributed by atoms with Crippen molar-refractivity contribution in [2.24, 2.45) is 0 Å². The molecule has 11 aromatic rings. The molecule has 3 heterocycles. The van der Waals surface area contributed by atoms with Gasteiger partial charge in [0.15, 0.2) is 0 Å². The molecule has 0 aliphatic carbocycles. The van der Waals surface area contributed by atoms with E-state index < -0.39 is 0 Å². The van der Waals surface area contributed by atoms with Crippen LogP contribution in [0.4, 0.5) is 0 Å². The normalized spacial score (nSPS) is 11.6. The topological polar surface area (TPSA) is 62.4 Å². The molecule has 3 aromatic heterocycles. The lowest BCUT2D eigenvalue weighted by molar-refractivity contribution is 1.16. The summed E-state index contributed by atoms with van der Waals surface area (Å²) in [5.74, 6) is 0. The van der Waals surface area contributed by atoms with Crippen LogP contribution in [0.25, 0.3) is 93.6 Å². The monoisotopic (exact) mass is 699 g/mol. The summed E-state index contributed by atoms with van der Waals surface area (Å²) in [6.45, 7) is 0. The van der Waals surface area contributed by atoms with Crippen molar-refractivity contribution in [2.45, 2.75) is 0 Å². The van der Waals surface area contributed by atoms with Crippen molar-refractivity contribution in [3.63, 3.8) is 0 Å². The Morgan fingerprint density at radius 1 is 0.327 bits per heavy atom. The summed E-state index contributed by atoms with van der Waals surface area (Å²) in [4.78, 5) is 0. The second-order valence-electron chi connectivity index (χ2n) is 14.0. The van der Waals surface area contributed by atoms with Gasteiger partial charge in [-0.25, -0.2) is 0 Å². The SMILES string of the molecule is N#Cc1ccc2c(c1)c1ccccc1n2-c1ccc(C#N)c(-c2ccccc2-n2c3ccccc3c3cc(-n4c5ccccc5c5ccccc54)ccc32)c1. The van der Waals surface area contributed by atoms with Crippen LogP contribution in [0.3, 0.4) is 0 Å². The summed E-state index contributed by atoms with van der Waals surface area (Å²) < 4.78 is 6.94. The van der Waals surface area contributed by atoms with Gasteiger partial charge in [0, 0.05) is 54.8 Å². The fraction of sp³-hybridized carbons (Fsp3) is 0. The highest BCUT2D eigenvalue weighted by Crippen LogP contribution is 2.41. The van der Waals surface area contributed by atoms with E-state index in [4.69, 9.17) is 0 Å². The van der Waals surface area contributed by atoms with Gasteiger partial charge in [0.2, 0.25) is 0 Å². The van der Waals surface area contributed by atoms with Gasteiger partial charge in [0.05, 0.1) is 62.1 Å². The van der Waals surface area contributed by atoms with Crippen molar-refractivity contribution in [3.05, 3.63) is 187 Å². The molecule has 0 aliphatic rings. The average molecular weight is 700 g/mol. The fourth-order valence-corrected chi connectivity index (χ4v) is 8.77. The summed E-state index contributed by atoms with van der Waals surface area (Å²) in [6, 6.07) is 66.0. The zero-order chi connectivity index (χ0) is 36.6. The maximum atomic E-state index is 10.5. The van der Waals surface area contributed by atoms with E-state index in [1.165, 1.54) is 21.8 Å². The third-order valence-corrected chi connectivity index (χ3v) is 11.1. The van der Waals surface area contributed by atoms with E-state index >= 15 is 0 Å². The van der Waals surface area contributed by atoms with Crippen molar-refractivity contribution in [2.75, 3.05) is 0 Å². The molecule has 0 fully saturated rings. The molecule has 0 unspecified atom stereocenters. The number of fused-ring (bicyclic) bond motifs is 9. The molecule has 55 heavy (non-hydrogen) atoms.